The number of carbonyl (C=O) groups excluding carboxylic acids is 1. The Morgan fingerprint density at radius 3 is 2.91 bits per heavy atom. The Bertz CT molecular complexity index is 357. The molecule has 1 aromatic heterocycles. The molecular formula is C7H5N3O. The van der Waals surface area contributed by atoms with Crippen LogP contribution >= 0.6 is 0 Å². The van der Waals surface area contributed by atoms with Crippen molar-refractivity contribution in [3.05, 3.63) is 23.5 Å². The third-order valence-corrected chi connectivity index (χ3v) is 1.58. The van der Waals surface area contributed by atoms with Gasteiger partial charge in [-0.05, 0) is 13.0 Å². The molecule has 2 rings (SSSR count). The van der Waals surface area contributed by atoms with Crippen LogP contribution in [0.15, 0.2) is 22.5 Å². The summed E-state index contributed by atoms with van der Waals surface area (Å²) in [5.41, 5.74) is 1.85. The Kier molecular flexibility index (Phi) is 1.09. The molecule has 1 aliphatic rings. The molecule has 0 radical (unpaired) electrons. The average molecular weight is 147 g/mol. The van der Waals surface area contributed by atoms with Gasteiger partial charge >= 0.3 is 0 Å². The number of fused-ring (bicyclic) bond motifs is 1. The van der Waals surface area contributed by atoms with Gasteiger partial charge in [0.25, 0.3) is 5.91 Å². The fourth-order valence-corrected chi connectivity index (χ4v) is 1.05. The maximum atomic E-state index is 11.0. The highest BCUT2D eigenvalue weighted by molar-refractivity contribution is 6.02. The fraction of sp³-hybridized carbons (Fsp3) is 0.143. The summed E-state index contributed by atoms with van der Waals surface area (Å²) < 4.78 is 0. The van der Waals surface area contributed by atoms with Crippen molar-refractivity contribution in [2.75, 3.05) is 0 Å². The van der Waals surface area contributed by atoms with Gasteiger partial charge in [0.1, 0.15) is 5.69 Å². The van der Waals surface area contributed by atoms with Gasteiger partial charge in [-0.25, -0.2) is 0 Å². The first-order valence-electron chi connectivity index (χ1n) is 3.21. The van der Waals surface area contributed by atoms with Crippen molar-refractivity contribution in [1.82, 2.24) is 4.98 Å². The van der Waals surface area contributed by atoms with Crippen LogP contribution < -0.4 is 0 Å². The Balaban J connectivity index is 2.74. The van der Waals surface area contributed by atoms with Crippen LogP contribution in [-0.2, 0) is 0 Å². The number of nitrogens with zero attached hydrogens (tertiary/aromatic N) is 3. The summed E-state index contributed by atoms with van der Waals surface area (Å²) in [5, 5.41) is 7.09. The molecule has 0 saturated carbocycles. The average Bonchev–Trinajstić information content (AvgIpc) is 2.34. The van der Waals surface area contributed by atoms with Crippen molar-refractivity contribution >= 4 is 11.6 Å². The monoisotopic (exact) mass is 147 g/mol. The third-order valence-electron chi connectivity index (χ3n) is 1.58. The van der Waals surface area contributed by atoms with Gasteiger partial charge in [-0.15, -0.1) is 10.2 Å². The van der Waals surface area contributed by atoms with Crippen LogP contribution in [-0.4, -0.2) is 10.9 Å². The van der Waals surface area contributed by atoms with Crippen LogP contribution in [0.5, 0.6) is 0 Å². The molecule has 1 aromatic rings. The van der Waals surface area contributed by atoms with Crippen molar-refractivity contribution in [3.63, 3.8) is 0 Å². The van der Waals surface area contributed by atoms with E-state index in [0.717, 1.165) is 0 Å². The lowest BCUT2D eigenvalue weighted by atomic mass is 10.2. The molecule has 4 heteroatoms. The molecule has 0 unspecified atom stereocenters. The molecule has 1 amide bonds. The van der Waals surface area contributed by atoms with Gasteiger partial charge in [0.2, 0.25) is 0 Å². The molecule has 0 aromatic carbocycles. The molecule has 0 bridgehead atoms. The molecule has 2 heterocycles. The molecule has 0 saturated heterocycles. The van der Waals surface area contributed by atoms with Gasteiger partial charge in [-0.1, -0.05) is 0 Å². The number of amides is 1. The number of rotatable bonds is 0. The fourth-order valence-electron chi connectivity index (χ4n) is 1.05. The largest absolute Gasteiger partial charge is 0.299 e. The highest BCUT2D eigenvalue weighted by Gasteiger charge is 2.19. The van der Waals surface area contributed by atoms with E-state index in [4.69, 9.17) is 0 Å². The lowest BCUT2D eigenvalue weighted by Crippen LogP contribution is -1.94. The summed E-state index contributed by atoms with van der Waals surface area (Å²) in [6.07, 6.45) is 1.62. The first-order valence-corrected chi connectivity index (χ1v) is 3.21. The van der Waals surface area contributed by atoms with Gasteiger partial charge < -0.3 is 0 Å². The zero-order valence-corrected chi connectivity index (χ0v) is 5.90. The van der Waals surface area contributed by atoms with E-state index in [2.05, 4.69) is 15.2 Å². The molecule has 0 atom stereocenters. The summed E-state index contributed by atoms with van der Waals surface area (Å²) in [5.74, 6) is -0.286. The quantitative estimate of drug-likeness (QED) is 0.560. The van der Waals surface area contributed by atoms with Crippen LogP contribution in [0.3, 0.4) is 0 Å². The molecule has 0 fully saturated rings. The molecule has 11 heavy (non-hydrogen) atoms. The molecule has 0 aliphatic carbocycles. The van der Waals surface area contributed by atoms with Crippen molar-refractivity contribution in [1.29, 1.82) is 0 Å². The maximum absolute atomic E-state index is 11.0. The Hall–Kier alpha value is -1.58. The van der Waals surface area contributed by atoms with E-state index in [9.17, 15) is 4.79 Å². The molecular weight excluding hydrogens is 142 g/mol. The summed E-state index contributed by atoms with van der Waals surface area (Å²) in [4.78, 5) is 14.9. The lowest BCUT2D eigenvalue weighted by molar-refractivity contribution is 0.100. The second-order valence-electron chi connectivity index (χ2n) is 2.30. The Morgan fingerprint density at radius 2 is 2.18 bits per heavy atom. The predicted molar refractivity (Wildman–Crippen MR) is 37.8 cm³/mol. The topological polar surface area (TPSA) is 54.7 Å². The first-order chi connectivity index (χ1) is 5.29. The predicted octanol–water partition coefficient (Wildman–Crippen LogP) is 1.63. The van der Waals surface area contributed by atoms with E-state index in [0.29, 0.717) is 16.9 Å². The van der Waals surface area contributed by atoms with Gasteiger partial charge in [0.05, 0.1) is 11.3 Å². The zero-order valence-electron chi connectivity index (χ0n) is 5.90. The highest BCUT2D eigenvalue weighted by Crippen LogP contribution is 2.27. The number of aromatic nitrogens is 1. The highest BCUT2D eigenvalue weighted by atomic mass is 16.2. The summed E-state index contributed by atoms with van der Waals surface area (Å²) in [6, 6.07) is 1.68. The minimum absolute atomic E-state index is 0.286. The second-order valence-corrected chi connectivity index (χ2v) is 2.30. The number of azo groups is 1. The Morgan fingerprint density at radius 1 is 1.36 bits per heavy atom. The second kappa shape index (κ2) is 1.95. The van der Waals surface area contributed by atoms with E-state index in [1.807, 2.05) is 0 Å². The van der Waals surface area contributed by atoms with Crippen molar-refractivity contribution < 1.29 is 4.79 Å². The normalized spacial score (nSPS) is 13.7. The van der Waals surface area contributed by atoms with Crippen molar-refractivity contribution in [3.8, 4) is 0 Å². The zero-order chi connectivity index (χ0) is 7.84. The van der Waals surface area contributed by atoms with Gasteiger partial charge in [-0.3, -0.25) is 9.78 Å². The van der Waals surface area contributed by atoms with Crippen molar-refractivity contribution in [2.24, 2.45) is 10.2 Å². The first kappa shape index (κ1) is 6.15. The van der Waals surface area contributed by atoms with E-state index in [1.54, 1.807) is 19.2 Å². The SMILES string of the molecule is Cc1nccc2c1C(=O)N=N2. The number of carbonyl (C=O) groups is 1. The number of pyridine rings is 1. The minimum atomic E-state index is -0.286. The van der Waals surface area contributed by atoms with Crippen LogP contribution in [0.25, 0.3) is 0 Å². The third kappa shape index (κ3) is 0.756. The van der Waals surface area contributed by atoms with Gasteiger partial charge in [-0.2, -0.15) is 0 Å². The molecule has 4 nitrogen and oxygen atoms in total. The summed E-state index contributed by atoms with van der Waals surface area (Å²) in [7, 11) is 0. The van der Waals surface area contributed by atoms with Crippen LogP contribution in [0.4, 0.5) is 5.69 Å². The van der Waals surface area contributed by atoms with Crippen LogP contribution in [0.2, 0.25) is 0 Å². The number of hydrogen-bond acceptors (Lipinski definition) is 3. The van der Waals surface area contributed by atoms with E-state index in [-0.39, 0.29) is 5.91 Å². The molecule has 54 valence electrons. The lowest BCUT2D eigenvalue weighted by Gasteiger charge is -1.95. The summed E-state index contributed by atoms with van der Waals surface area (Å²) in [6.45, 7) is 1.77. The summed E-state index contributed by atoms with van der Waals surface area (Å²) >= 11 is 0. The minimum Gasteiger partial charge on any atom is -0.265 e. The van der Waals surface area contributed by atoms with Crippen molar-refractivity contribution in [2.45, 2.75) is 6.92 Å². The maximum Gasteiger partial charge on any atom is 0.299 e. The number of aryl methyl sites for hydroxylation is 1. The van der Waals surface area contributed by atoms with E-state index >= 15 is 0 Å². The van der Waals surface area contributed by atoms with Gasteiger partial charge in [0.15, 0.2) is 0 Å². The van der Waals surface area contributed by atoms with Crippen LogP contribution in [0, 0.1) is 6.92 Å². The van der Waals surface area contributed by atoms with E-state index in [1.165, 1.54) is 0 Å². The standard InChI is InChI=1S/C7H5N3O/c1-4-6-5(2-3-8-4)9-10-7(6)11/h2-3H,1H3. The molecule has 0 N–H and O–H groups in total. The van der Waals surface area contributed by atoms with Crippen LogP contribution in [0.1, 0.15) is 16.1 Å². The molecule has 0 spiro atoms. The Labute approximate surface area is 63.0 Å². The van der Waals surface area contributed by atoms with Gasteiger partial charge in [0, 0.05) is 6.20 Å². The smallest absolute Gasteiger partial charge is 0.265 e. The van der Waals surface area contributed by atoms with E-state index < -0.39 is 0 Å². The number of hydrogen-bond donors (Lipinski definition) is 0. The molecule has 1 aliphatic heterocycles.